The summed E-state index contributed by atoms with van der Waals surface area (Å²) < 4.78 is 11.6. The van der Waals surface area contributed by atoms with Crippen molar-refractivity contribution in [1.82, 2.24) is 4.90 Å². The van der Waals surface area contributed by atoms with Gasteiger partial charge in [-0.2, -0.15) is 0 Å². The number of amides is 1. The van der Waals surface area contributed by atoms with Crippen molar-refractivity contribution < 1.29 is 14.3 Å². The predicted molar refractivity (Wildman–Crippen MR) is 97.5 cm³/mol. The molecule has 1 heterocycles. The lowest BCUT2D eigenvalue weighted by atomic mass is 10.2. The van der Waals surface area contributed by atoms with E-state index >= 15 is 0 Å². The highest BCUT2D eigenvalue weighted by Gasteiger charge is 2.30. The van der Waals surface area contributed by atoms with Crippen molar-refractivity contribution >= 4 is 40.3 Å². The Balaban J connectivity index is 2.28. The largest absolute Gasteiger partial charge is 0.490 e. The van der Waals surface area contributed by atoms with Crippen molar-refractivity contribution in [2.24, 2.45) is 0 Å². The summed E-state index contributed by atoms with van der Waals surface area (Å²) in [4.78, 5) is 14.4. The number of thioether (sulfide) groups is 1. The topological polar surface area (TPSA) is 38.8 Å². The number of carbonyl (C=O) groups is 1. The number of thiocarbonyl (C=S) groups is 1. The monoisotopic (exact) mass is 347 g/mol. The van der Waals surface area contributed by atoms with Crippen LogP contribution in [0.5, 0.6) is 11.5 Å². The third-order valence-corrected chi connectivity index (χ3v) is 4.44. The summed E-state index contributed by atoms with van der Waals surface area (Å²) in [6.07, 6.45) is 7.02. The van der Waals surface area contributed by atoms with Gasteiger partial charge in [-0.3, -0.25) is 9.69 Å². The van der Waals surface area contributed by atoms with Gasteiger partial charge in [0.2, 0.25) is 0 Å². The van der Waals surface area contributed by atoms with Crippen LogP contribution in [0.1, 0.15) is 19.4 Å². The van der Waals surface area contributed by atoms with E-state index in [1.807, 2.05) is 32.1 Å². The van der Waals surface area contributed by atoms with E-state index in [0.717, 1.165) is 5.56 Å². The molecule has 4 nitrogen and oxygen atoms in total. The number of hydrogen-bond donors (Lipinski definition) is 0. The smallest absolute Gasteiger partial charge is 0.266 e. The Labute approximate surface area is 145 Å². The van der Waals surface area contributed by atoms with Gasteiger partial charge in [0.25, 0.3) is 5.91 Å². The zero-order valence-electron chi connectivity index (χ0n) is 13.0. The van der Waals surface area contributed by atoms with E-state index in [0.29, 0.717) is 33.9 Å². The summed E-state index contributed by atoms with van der Waals surface area (Å²) in [6.45, 7) is 5.05. The molecule has 0 aromatic heterocycles. The van der Waals surface area contributed by atoms with Crippen LogP contribution in [-0.2, 0) is 4.79 Å². The average molecular weight is 347 g/mol. The maximum absolute atomic E-state index is 12.2. The molecule has 0 unspecified atom stereocenters. The Morgan fingerprint density at radius 2 is 2.13 bits per heavy atom. The van der Waals surface area contributed by atoms with E-state index in [-0.39, 0.29) is 12.5 Å². The standard InChI is InChI=1S/C17H17NO3S2/c1-4-9-21-13-8-7-12(10-14(13)20-6-3)11-15-16(19)18(5-2)17(22)23-15/h1,7-8,10-11H,5-6,9H2,2-3H3/b15-11-. The Hall–Kier alpha value is -1.97. The van der Waals surface area contributed by atoms with Gasteiger partial charge in [0.15, 0.2) is 11.5 Å². The van der Waals surface area contributed by atoms with Crippen LogP contribution < -0.4 is 9.47 Å². The first kappa shape index (κ1) is 17.4. The molecule has 1 saturated heterocycles. The van der Waals surface area contributed by atoms with Crippen LogP contribution in [0.2, 0.25) is 0 Å². The lowest BCUT2D eigenvalue weighted by Gasteiger charge is -2.11. The first-order valence-corrected chi connectivity index (χ1v) is 8.41. The quantitative estimate of drug-likeness (QED) is 0.448. The minimum absolute atomic E-state index is 0.0619. The molecule has 1 aromatic carbocycles. The molecule has 1 fully saturated rings. The number of benzene rings is 1. The molecule has 120 valence electrons. The fourth-order valence-electron chi connectivity index (χ4n) is 2.05. The van der Waals surface area contributed by atoms with Crippen LogP contribution in [0, 0.1) is 12.3 Å². The van der Waals surface area contributed by atoms with Gasteiger partial charge in [-0.25, -0.2) is 0 Å². The SMILES string of the molecule is C#CCOc1ccc(/C=C2\SC(=S)N(CC)C2=O)cc1OCC. The Kier molecular flexibility index (Phi) is 6.08. The van der Waals surface area contributed by atoms with Gasteiger partial charge in [0, 0.05) is 6.54 Å². The van der Waals surface area contributed by atoms with Crippen molar-refractivity contribution in [3.63, 3.8) is 0 Å². The van der Waals surface area contributed by atoms with Crippen LogP contribution >= 0.6 is 24.0 Å². The number of rotatable bonds is 6. The molecule has 0 atom stereocenters. The number of ether oxygens (including phenoxy) is 2. The predicted octanol–water partition coefficient (Wildman–Crippen LogP) is 3.32. The molecule has 1 aliphatic heterocycles. The van der Waals surface area contributed by atoms with Crippen molar-refractivity contribution in [2.75, 3.05) is 19.8 Å². The summed E-state index contributed by atoms with van der Waals surface area (Å²) in [5, 5.41) is 0. The fourth-order valence-corrected chi connectivity index (χ4v) is 3.43. The van der Waals surface area contributed by atoms with Crippen molar-refractivity contribution in [3.8, 4) is 23.8 Å². The van der Waals surface area contributed by atoms with Crippen LogP contribution in [0.25, 0.3) is 6.08 Å². The molecule has 1 amide bonds. The molecule has 0 radical (unpaired) electrons. The van der Waals surface area contributed by atoms with E-state index in [2.05, 4.69) is 5.92 Å². The zero-order chi connectivity index (χ0) is 16.8. The normalized spacial score (nSPS) is 15.9. The van der Waals surface area contributed by atoms with Crippen LogP contribution in [0.3, 0.4) is 0 Å². The highest BCUT2D eigenvalue weighted by atomic mass is 32.2. The minimum atomic E-state index is -0.0619. The summed E-state index contributed by atoms with van der Waals surface area (Å²) in [6, 6.07) is 5.47. The number of terminal acetylenes is 1. The second kappa shape index (κ2) is 8.04. The van der Waals surface area contributed by atoms with Crippen molar-refractivity contribution in [2.45, 2.75) is 13.8 Å². The summed E-state index contributed by atoms with van der Waals surface area (Å²) in [7, 11) is 0. The number of nitrogens with zero attached hydrogens (tertiary/aromatic N) is 1. The molecule has 1 aromatic rings. The molecule has 23 heavy (non-hydrogen) atoms. The van der Waals surface area contributed by atoms with Gasteiger partial charge in [-0.05, 0) is 37.6 Å². The lowest BCUT2D eigenvalue weighted by Crippen LogP contribution is -2.27. The summed E-state index contributed by atoms with van der Waals surface area (Å²) in [5.74, 6) is 3.55. The van der Waals surface area contributed by atoms with Gasteiger partial charge in [0.1, 0.15) is 10.9 Å². The third-order valence-electron chi connectivity index (χ3n) is 3.07. The molecule has 6 heteroatoms. The van der Waals surface area contributed by atoms with Gasteiger partial charge in [-0.1, -0.05) is 36.0 Å². The third kappa shape index (κ3) is 4.06. The van der Waals surface area contributed by atoms with Gasteiger partial charge >= 0.3 is 0 Å². The van der Waals surface area contributed by atoms with E-state index in [1.54, 1.807) is 11.0 Å². The first-order chi connectivity index (χ1) is 11.1. The zero-order valence-corrected chi connectivity index (χ0v) is 14.6. The molecular formula is C17H17NO3S2. The fraction of sp³-hybridized carbons (Fsp3) is 0.294. The second-order valence-electron chi connectivity index (χ2n) is 4.56. The molecule has 2 rings (SSSR count). The number of carbonyl (C=O) groups excluding carboxylic acids is 1. The highest BCUT2D eigenvalue weighted by Crippen LogP contribution is 2.34. The molecule has 0 aliphatic carbocycles. The number of likely N-dealkylation sites (N-methyl/N-ethyl adjacent to an activating group) is 1. The molecule has 1 aliphatic rings. The van der Waals surface area contributed by atoms with E-state index in [9.17, 15) is 4.79 Å². The minimum Gasteiger partial charge on any atom is -0.490 e. The highest BCUT2D eigenvalue weighted by molar-refractivity contribution is 8.26. The van der Waals surface area contributed by atoms with Gasteiger partial charge in [0.05, 0.1) is 11.5 Å². The van der Waals surface area contributed by atoms with Crippen LogP contribution in [0.15, 0.2) is 23.1 Å². The van der Waals surface area contributed by atoms with Crippen LogP contribution in [0.4, 0.5) is 0 Å². The van der Waals surface area contributed by atoms with Gasteiger partial charge < -0.3 is 9.47 Å². The van der Waals surface area contributed by atoms with E-state index in [1.165, 1.54) is 11.8 Å². The maximum atomic E-state index is 12.2. The Bertz CT molecular complexity index is 692. The van der Waals surface area contributed by atoms with Crippen LogP contribution in [-0.4, -0.2) is 34.9 Å². The molecule has 0 saturated carbocycles. The molecule has 0 N–H and O–H groups in total. The van der Waals surface area contributed by atoms with Crippen molar-refractivity contribution in [1.29, 1.82) is 0 Å². The van der Waals surface area contributed by atoms with Gasteiger partial charge in [-0.15, -0.1) is 6.42 Å². The lowest BCUT2D eigenvalue weighted by molar-refractivity contribution is -0.121. The number of hydrogen-bond acceptors (Lipinski definition) is 5. The average Bonchev–Trinajstić information content (AvgIpc) is 2.80. The Morgan fingerprint density at radius 1 is 1.35 bits per heavy atom. The second-order valence-corrected chi connectivity index (χ2v) is 6.23. The molecule has 0 bridgehead atoms. The molecule has 0 spiro atoms. The Morgan fingerprint density at radius 3 is 2.74 bits per heavy atom. The molecular weight excluding hydrogens is 330 g/mol. The summed E-state index contributed by atoms with van der Waals surface area (Å²) >= 11 is 6.52. The maximum Gasteiger partial charge on any atom is 0.266 e. The van der Waals surface area contributed by atoms with Crippen molar-refractivity contribution in [3.05, 3.63) is 28.7 Å². The first-order valence-electron chi connectivity index (χ1n) is 7.19. The van der Waals surface area contributed by atoms with E-state index < -0.39 is 0 Å². The van der Waals surface area contributed by atoms with E-state index in [4.69, 9.17) is 28.1 Å². The summed E-state index contributed by atoms with van der Waals surface area (Å²) in [5.41, 5.74) is 0.845.